The molecule has 1 unspecified atom stereocenters. The van der Waals surface area contributed by atoms with Crippen LogP contribution in [0, 0.1) is 11.6 Å². The van der Waals surface area contributed by atoms with Crippen LogP contribution in [0.1, 0.15) is 24.2 Å². The second-order valence-corrected chi connectivity index (χ2v) is 12.3. The first-order valence-corrected chi connectivity index (χ1v) is 15.7. The van der Waals surface area contributed by atoms with Crippen LogP contribution in [0.2, 0.25) is 0 Å². The van der Waals surface area contributed by atoms with Gasteiger partial charge in [-0.15, -0.1) is 11.3 Å². The number of amides is 1. The maximum absolute atomic E-state index is 16.0. The number of halogens is 2. The second-order valence-electron chi connectivity index (χ2n) is 11.4. The van der Waals surface area contributed by atoms with Gasteiger partial charge in [0.05, 0.1) is 36.1 Å². The number of aromatic nitrogens is 4. The molecule has 12 heteroatoms. The lowest BCUT2D eigenvalue weighted by Crippen LogP contribution is -2.40. The first-order chi connectivity index (χ1) is 22.2. The van der Waals surface area contributed by atoms with Crippen LogP contribution in [0.25, 0.3) is 43.9 Å². The summed E-state index contributed by atoms with van der Waals surface area (Å²) in [5, 5.41) is 7.64. The van der Waals surface area contributed by atoms with Gasteiger partial charge in [-0.2, -0.15) is 5.10 Å². The van der Waals surface area contributed by atoms with Crippen LogP contribution < -0.4 is 4.74 Å². The van der Waals surface area contributed by atoms with Gasteiger partial charge in [0.2, 0.25) is 5.91 Å². The average Bonchev–Trinajstić information content (AvgIpc) is 3.69. The number of carbonyl (C=O) groups is 1. The standard InChI is InChI=1S/C34H34F2N6O3S/c1-6-29(43)41-8-9-42-27(20(41)2)16-26(39-42)33-31(30-25(36)14-23(35)15-28(30)45-11-10-44-5)34-24(7-12-46-34)32(38-33)22-13-21(17-37-18-22)19-40(3)4/h6-7,12-18,20H,1,8-11,19H2,2-5H3. The van der Waals surface area contributed by atoms with Gasteiger partial charge in [0.1, 0.15) is 35.4 Å². The van der Waals surface area contributed by atoms with Crippen LogP contribution in [0.4, 0.5) is 8.78 Å². The lowest BCUT2D eigenvalue weighted by molar-refractivity contribution is -0.129. The SMILES string of the molecule is C=CC(=O)N1CCn2nc(-c3nc(-c4cncc(CN(C)C)c4)c4ccsc4c3-c3c(F)cc(F)cc3OCCOC)cc2C1C. The van der Waals surface area contributed by atoms with Crippen molar-refractivity contribution in [1.29, 1.82) is 0 Å². The Kier molecular flexibility index (Phi) is 8.94. The Labute approximate surface area is 269 Å². The Balaban J connectivity index is 1.62. The molecule has 1 aromatic carbocycles. The van der Waals surface area contributed by atoms with Crippen molar-refractivity contribution >= 4 is 27.3 Å². The number of nitrogens with zero attached hydrogens (tertiary/aromatic N) is 6. The molecule has 0 saturated heterocycles. The van der Waals surface area contributed by atoms with E-state index in [1.54, 1.807) is 11.1 Å². The third-order valence-electron chi connectivity index (χ3n) is 7.95. The molecule has 46 heavy (non-hydrogen) atoms. The van der Waals surface area contributed by atoms with Crippen molar-refractivity contribution in [2.75, 3.05) is 41.0 Å². The quantitative estimate of drug-likeness (QED) is 0.130. The van der Waals surface area contributed by atoms with Crippen molar-refractivity contribution in [3.8, 4) is 39.5 Å². The molecule has 1 atom stereocenters. The first kappa shape index (κ1) is 31.5. The van der Waals surface area contributed by atoms with Crippen LogP contribution in [-0.4, -0.2) is 76.4 Å². The zero-order chi connectivity index (χ0) is 32.5. The van der Waals surface area contributed by atoms with Gasteiger partial charge in [0.15, 0.2) is 0 Å². The average molecular weight is 645 g/mol. The van der Waals surface area contributed by atoms with Crippen molar-refractivity contribution < 1.29 is 23.0 Å². The fraction of sp³-hybridized carbons (Fsp3) is 0.294. The molecule has 0 bridgehead atoms. The fourth-order valence-electron chi connectivity index (χ4n) is 5.91. The van der Waals surface area contributed by atoms with Gasteiger partial charge in [-0.1, -0.05) is 6.58 Å². The largest absolute Gasteiger partial charge is 0.490 e. The summed E-state index contributed by atoms with van der Waals surface area (Å²) in [5.74, 6) is -1.68. The van der Waals surface area contributed by atoms with E-state index in [1.165, 1.54) is 30.6 Å². The summed E-state index contributed by atoms with van der Waals surface area (Å²) in [6, 6.07) is 7.63. The highest BCUT2D eigenvalue weighted by molar-refractivity contribution is 7.18. The lowest BCUT2D eigenvalue weighted by Gasteiger charge is -2.33. The molecule has 5 heterocycles. The molecule has 6 rings (SSSR count). The van der Waals surface area contributed by atoms with E-state index in [9.17, 15) is 9.18 Å². The third-order valence-corrected chi connectivity index (χ3v) is 8.88. The molecule has 0 aliphatic carbocycles. The van der Waals surface area contributed by atoms with Crippen LogP contribution >= 0.6 is 11.3 Å². The Morgan fingerprint density at radius 2 is 1.96 bits per heavy atom. The third kappa shape index (κ3) is 5.91. The highest BCUT2D eigenvalue weighted by Gasteiger charge is 2.31. The van der Waals surface area contributed by atoms with Crippen molar-refractivity contribution in [2.45, 2.75) is 26.1 Å². The Hall–Kier alpha value is -4.52. The predicted molar refractivity (Wildman–Crippen MR) is 175 cm³/mol. The van der Waals surface area contributed by atoms with Crippen molar-refractivity contribution in [3.05, 3.63) is 83.7 Å². The molecular weight excluding hydrogens is 610 g/mol. The van der Waals surface area contributed by atoms with E-state index in [4.69, 9.17) is 19.6 Å². The summed E-state index contributed by atoms with van der Waals surface area (Å²) < 4.78 is 44.3. The normalized spacial score (nSPS) is 14.6. The topological polar surface area (TPSA) is 85.6 Å². The number of hydrogen-bond donors (Lipinski definition) is 0. The minimum Gasteiger partial charge on any atom is -0.490 e. The molecule has 238 valence electrons. The molecular formula is C34H34F2N6O3S. The van der Waals surface area contributed by atoms with E-state index >= 15 is 4.39 Å². The summed E-state index contributed by atoms with van der Waals surface area (Å²) in [6.45, 7) is 7.52. The van der Waals surface area contributed by atoms with E-state index in [2.05, 4.69) is 16.5 Å². The summed E-state index contributed by atoms with van der Waals surface area (Å²) >= 11 is 1.43. The zero-order valence-electron chi connectivity index (χ0n) is 26.1. The number of fused-ring (bicyclic) bond motifs is 2. The minimum absolute atomic E-state index is 0.0368. The van der Waals surface area contributed by atoms with Crippen LogP contribution in [0.3, 0.4) is 0 Å². The van der Waals surface area contributed by atoms with Crippen LogP contribution in [0.5, 0.6) is 5.75 Å². The molecule has 0 fully saturated rings. The molecule has 4 aromatic heterocycles. The zero-order valence-corrected chi connectivity index (χ0v) is 26.9. The lowest BCUT2D eigenvalue weighted by atomic mass is 9.96. The van der Waals surface area contributed by atoms with Gasteiger partial charge in [-0.3, -0.25) is 14.5 Å². The molecule has 0 saturated carbocycles. The minimum atomic E-state index is -0.785. The maximum atomic E-state index is 16.0. The van der Waals surface area contributed by atoms with Crippen LogP contribution in [-0.2, 0) is 22.6 Å². The number of hydrogen-bond acceptors (Lipinski definition) is 8. The monoisotopic (exact) mass is 644 g/mol. The fourth-order valence-corrected chi connectivity index (χ4v) is 6.86. The van der Waals surface area contributed by atoms with Gasteiger partial charge in [0, 0.05) is 65.9 Å². The number of methoxy groups -OCH3 is 1. The molecule has 0 N–H and O–H groups in total. The Morgan fingerprint density at radius 3 is 2.72 bits per heavy atom. The number of ether oxygens (including phenoxy) is 2. The number of rotatable bonds is 10. The predicted octanol–water partition coefficient (Wildman–Crippen LogP) is 6.34. The van der Waals surface area contributed by atoms with Gasteiger partial charge < -0.3 is 19.3 Å². The second kappa shape index (κ2) is 13.1. The van der Waals surface area contributed by atoms with Crippen LogP contribution in [0.15, 0.2) is 60.8 Å². The Morgan fingerprint density at radius 1 is 1.13 bits per heavy atom. The Bertz CT molecular complexity index is 1940. The highest BCUT2D eigenvalue weighted by atomic mass is 32.1. The number of thiophene rings is 1. The van der Waals surface area contributed by atoms with Gasteiger partial charge in [-0.25, -0.2) is 13.8 Å². The summed E-state index contributed by atoms with van der Waals surface area (Å²) in [5.41, 5.74) is 4.70. The number of benzene rings is 1. The van der Waals surface area contributed by atoms with E-state index in [1.807, 2.05) is 55.5 Å². The maximum Gasteiger partial charge on any atom is 0.246 e. The van der Waals surface area contributed by atoms with E-state index < -0.39 is 11.6 Å². The van der Waals surface area contributed by atoms with Crippen molar-refractivity contribution in [2.24, 2.45) is 0 Å². The van der Waals surface area contributed by atoms with Crippen molar-refractivity contribution in [1.82, 2.24) is 29.5 Å². The van der Waals surface area contributed by atoms with Crippen molar-refractivity contribution in [3.63, 3.8) is 0 Å². The first-order valence-electron chi connectivity index (χ1n) is 14.8. The highest BCUT2D eigenvalue weighted by Crippen LogP contribution is 2.47. The molecule has 0 spiro atoms. The van der Waals surface area contributed by atoms with Gasteiger partial charge >= 0.3 is 0 Å². The molecule has 0 radical (unpaired) electrons. The summed E-state index contributed by atoms with van der Waals surface area (Å²) in [6.07, 6.45) is 4.89. The number of carbonyl (C=O) groups excluding carboxylic acids is 1. The molecule has 9 nitrogen and oxygen atoms in total. The molecule has 1 aliphatic heterocycles. The smallest absolute Gasteiger partial charge is 0.246 e. The van der Waals surface area contributed by atoms with E-state index in [-0.39, 0.29) is 36.5 Å². The molecule has 1 aliphatic rings. The molecule has 1 amide bonds. The number of pyridine rings is 2. The molecule has 5 aromatic rings. The van der Waals surface area contributed by atoms with E-state index in [0.717, 1.165) is 33.0 Å². The van der Waals surface area contributed by atoms with Gasteiger partial charge in [0.25, 0.3) is 0 Å². The summed E-state index contributed by atoms with van der Waals surface area (Å²) in [7, 11) is 5.51. The van der Waals surface area contributed by atoms with Gasteiger partial charge in [-0.05, 0) is 56.2 Å². The summed E-state index contributed by atoms with van der Waals surface area (Å²) in [4.78, 5) is 26.1. The van der Waals surface area contributed by atoms with E-state index in [0.29, 0.717) is 42.3 Å².